The van der Waals surface area contributed by atoms with Gasteiger partial charge in [0.05, 0.1) is 18.4 Å². The number of nitrogens with one attached hydrogen (secondary N) is 1. The van der Waals surface area contributed by atoms with Gasteiger partial charge in [-0.3, -0.25) is 9.59 Å². The number of rotatable bonds is 8. The fourth-order valence-electron chi connectivity index (χ4n) is 3.00. The van der Waals surface area contributed by atoms with Gasteiger partial charge in [-0.2, -0.15) is 0 Å². The number of furan rings is 2. The summed E-state index contributed by atoms with van der Waals surface area (Å²) in [6.45, 7) is 4.26. The molecule has 2 heterocycles. The van der Waals surface area contributed by atoms with Gasteiger partial charge in [0, 0.05) is 19.5 Å². The molecule has 0 saturated carbocycles. The van der Waals surface area contributed by atoms with Gasteiger partial charge < -0.3 is 19.1 Å². The first kappa shape index (κ1) is 20.4. The number of aryl methyl sites for hydroxylation is 2. The molecule has 0 radical (unpaired) electrons. The fraction of sp³-hybridized carbons (Fsp3) is 0.273. The van der Waals surface area contributed by atoms with Crippen molar-refractivity contribution in [3.63, 3.8) is 0 Å². The SMILES string of the molecule is Cc1cc(C(=O)N(CCC(=O)NCc2ccco2)Cc2ccc(F)cc2)c(C)o1. The molecule has 0 unspecified atom stereocenters. The van der Waals surface area contributed by atoms with Crippen molar-refractivity contribution in [1.82, 2.24) is 10.2 Å². The lowest BCUT2D eigenvalue weighted by molar-refractivity contribution is -0.121. The number of nitrogens with zero attached hydrogens (tertiary/aromatic N) is 1. The van der Waals surface area contributed by atoms with E-state index in [2.05, 4.69) is 5.32 Å². The monoisotopic (exact) mass is 398 g/mol. The van der Waals surface area contributed by atoms with Gasteiger partial charge in [-0.05, 0) is 49.7 Å². The summed E-state index contributed by atoms with van der Waals surface area (Å²) < 4.78 is 23.9. The predicted molar refractivity (Wildman–Crippen MR) is 104 cm³/mol. The Bertz CT molecular complexity index is 961. The van der Waals surface area contributed by atoms with Crippen LogP contribution in [0.4, 0.5) is 4.39 Å². The van der Waals surface area contributed by atoms with Crippen LogP contribution in [0, 0.1) is 19.7 Å². The second-order valence-corrected chi connectivity index (χ2v) is 6.79. The first-order chi connectivity index (χ1) is 13.9. The number of amides is 2. The van der Waals surface area contributed by atoms with Crippen molar-refractivity contribution in [2.24, 2.45) is 0 Å². The molecule has 1 aromatic carbocycles. The van der Waals surface area contributed by atoms with Crippen molar-refractivity contribution in [3.05, 3.63) is 83.0 Å². The molecule has 3 rings (SSSR count). The van der Waals surface area contributed by atoms with Crippen LogP contribution in [0.3, 0.4) is 0 Å². The third-order valence-electron chi connectivity index (χ3n) is 4.49. The van der Waals surface area contributed by atoms with E-state index >= 15 is 0 Å². The van der Waals surface area contributed by atoms with Crippen LogP contribution in [0.15, 0.2) is 57.6 Å². The van der Waals surface area contributed by atoms with Gasteiger partial charge in [0.15, 0.2) is 0 Å². The zero-order chi connectivity index (χ0) is 20.8. The van der Waals surface area contributed by atoms with Crippen LogP contribution in [0.2, 0.25) is 0 Å². The molecule has 0 aliphatic heterocycles. The number of hydrogen-bond donors (Lipinski definition) is 1. The highest BCUT2D eigenvalue weighted by Crippen LogP contribution is 2.18. The minimum atomic E-state index is -0.342. The van der Waals surface area contributed by atoms with Crippen LogP contribution in [-0.4, -0.2) is 23.3 Å². The van der Waals surface area contributed by atoms with Crippen LogP contribution in [0.25, 0.3) is 0 Å². The molecule has 0 bridgehead atoms. The van der Waals surface area contributed by atoms with E-state index in [-0.39, 0.29) is 43.7 Å². The van der Waals surface area contributed by atoms with E-state index in [1.54, 1.807) is 55.3 Å². The van der Waals surface area contributed by atoms with Crippen LogP contribution < -0.4 is 5.32 Å². The van der Waals surface area contributed by atoms with Crippen molar-refractivity contribution in [2.45, 2.75) is 33.4 Å². The first-order valence-corrected chi connectivity index (χ1v) is 9.32. The van der Waals surface area contributed by atoms with Crippen molar-refractivity contribution < 1.29 is 22.8 Å². The molecule has 152 valence electrons. The van der Waals surface area contributed by atoms with Gasteiger partial charge in [0.2, 0.25) is 5.91 Å². The Morgan fingerprint density at radius 3 is 2.52 bits per heavy atom. The topological polar surface area (TPSA) is 75.7 Å². The second kappa shape index (κ2) is 9.23. The van der Waals surface area contributed by atoms with Crippen LogP contribution in [0.5, 0.6) is 0 Å². The second-order valence-electron chi connectivity index (χ2n) is 6.79. The molecule has 1 N–H and O–H groups in total. The van der Waals surface area contributed by atoms with Gasteiger partial charge in [-0.15, -0.1) is 0 Å². The zero-order valence-electron chi connectivity index (χ0n) is 16.4. The summed E-state index contributed by atoms with van der Waals surface area (Å²) in [7, 11) is 0. The molecule has 0 aliphatic rings. The molecule has 29 heavy (non-hydrogen) atoms. The van der Waals surface area contributed by atoms with Gasteiger partial charge in [-0.25, -0.2) is 4.39 Å². The molecule has 0 aliphatic carbocycles. The van der Waals surface area contributed by atoms with Crippen molar-refractivity contribution in [2.75, 3.05) is 6.54 Å². The Morgan fingerprint density at radius 2 is 1.90 bits per heavy atom. The minimum Gasteiger partial charge on any atom is -0.467 e. The van der Waals surface area contributed by atoms with E-state index in [1.165, 1.54) is 12.1 Å². The zero-order valence-corrected chi connectivity index (χ0v) is 16.4. The van der Waals surface area contributed by atoms with Crippen LogP contribution >= 0.6 is 0 Å². The maximum absolute atomic E-state index is 13.2. The number of carbonyl (C=O) groups excluding carboxylic acids is 2. The molecule has 7 heteroatoms. The largest absolute Gasteiger partial charge is 0.467 e. The van der Waals surface area contributed by atoms with Gasteiger partial charge in [0.1, 0.15) is 23.1 Å². The first-order valence-electron chi connectivity index (χ1n) is 9.32. The normalized spacial score (nSPS) is 10.7. The van der Waals surface area contributed by atoms with Gasteiger partial charge >= 0.3 is 0 Å². The number of hydrogen-bond acceptors (Lipinski definition) is 4. The summed E-state index contributed by atoms with van der Waals surface area (Å²) in [4.78, 5) is 26.8. The summed E-state index contributed by atoms with van der Waals surface area (Å²) >= 11 is 0. The fourth-order valence-corrected chi connectivity index (χ4v) is 3.00. The van der Waals surface area contributed by atoms with Crippen molar-refractivity contribution >= 4 is 11.8 Å². The molecule has 3 aromatic rings. The van der Waals surface area contributed by atoms with Gasteiger partial charge in [-0.1, -0.05) is 12.1 Å². The molecule has 2 amide bonds. The quantitative estimate of drug-likeness (QED) is 0.623. The highest BCUT2D eigenvalue weighted by molar-refractivity contribution is 5.95. The van der Waals surface area contributed by atoms with Crippen LogP contribution in [0.1, 0.15) is 39.6 Å². The molecule has 2 aromatic heterocycles. The van der Waals surface area contributed by atoms with E-state index in [9.17, 15) is 14.0 Å². The third kappa shape index (κ3) is 5.57. The average molecular weight is 398 g/mol. The number of carbonyl (C=O) groups is 2. The summed E-state index contributed by atoms with van der Waals surface area (Å²) in [6.07, 6.45) is 1.67. The third-order valence-corrected chi connectivity index (χ3v) is 4.49. The Balaban J connectivity index is 1.67. The lowest BCUT2D eigenvalue weighted by Crippen LogP contribution is -2.35. The smallest absolute Gasteiger partial charge is 0.257 e. The summed E-state index contributed by atoms with van der Waals surface area (Å²) in [5.41, 5.74) is 1.23. The summed E-state index contributed by atoms with van der Waals surface area (Å²) in [6, 6.07) is 11.2. The lowest BCUT2D eigenvalue weighted by Gasteiger charge is -2.22. The average Bonchev–Trinajstić information content (AvgIpc) is 3.33. The Kier molecular flexibility index (Phi) is 6.49. The van der Waals surface area contributed by atoms with E-state index in [0.29, 0.717) is 22.8 Å². The number of benzene rings is 1. The van der Waals surface area contributed by atoms with E-state index < -0.39 is 0 Å². The molecule has 0 saturated heterocycles. The molecule has 0 spiro atoms. The molecular formula is C22H23FN2O4. The van der Waals surface area contributed by atoms with E-state index in [0.717, 1.165) is 5.56 Å². The Morgan fingerprint density at radius 1 is 1.14 bits per heavy atom. The Labute approximate surface area is 168 Å². The minimum absolute atomic E-state index is 0.128. The van der Waals surface area contributed by atoms with E-state index in [4.69, 9.17) is 8.83 Å². The predicted octanol–water partition coefficient (Wildman–Crippen LogP) is 3.98. The standard InChI is InChI=1S/C22H23FN2O4/c1-15-12-20(16(2)29-15)22(27)25(14-17-5-7-18(23)8-6-17)10-9-21(26)24-13-19-4-3-11-28-19/h3-8,11-12H,9-10,13-14H2,1-2H3,(H,24,26). The summed E-state index contributed by atoms with van der Waals surface area (Å²) in [5, 5.41) is 2.77. The molecule has 6 nitrogen and oxygen atoms in total. The van der Waals surface area contributed by atoms with Crippen LogP contribution in [-0.2, 0) is 17.9 Å². The molecule has 0 fully saturated rings. The Hall–Kier alpha value is -3.35. The maximum atomic E-state index is 13.2. The highest BCUT2D eigenvalue weighted by Gasteiger charge is 2.21. The summed E-state index contributed by atoms with van der Waals surface area (Å²) in [5.74, 6) is 1.05. The molecular weight excluding hydrogens is 375 g/mol. The molecule has 0 atom stereocenters. The lowest BCUT2D eigenvalue weighted by atomic mass is 10.1. The van der Waals surface area contributed by atoms with Gasteiger partial charge in [0.25, 0.3) is 5.91 Å². The maximum Gasteiger partial charge on any atom is 0.257 e. The van der Waals surface area contributed by atoms with Crippen molar-refractivity contribution in [1.29, 1.82) is 0 Å². The van der Waals surface area contributed by atoms with Crippen molar-refractivity contribution in [3.8, 4) is 0 Å². The highest BCUT2D eigenvalue weighted by atomic mass is 19.1. The van der Waals surface area contributed by atoms with E-state index in [1.807, 2.05) is 0 Å². The number of halogens is 1.